The lowest BCUT2D eigenvalue weighted by atomic mass is 10.1. The first-order valence-electron chi connectivity index (χ1n) is 7.74. The fraction of sp³-hybridized carbons (Fsp3) is 0.105. The predicted octanol–water partition coefficient (Wildman–Crippen LogP) is 4.48. The minimum absolute atomic E-state index is 0.0948. The van der Waals surface area contributed by atoms with E-state index in [4.69, 9.17) is 4.74 Å². The zero-order valence-electron chi connectivity index (χ0n) is 14.1. The molecular weight excluding hydrogens is 527 g/mol. The van der Waals surface area contributed by atoms with Crippen LogP contribution in [0.15, 0.2) is 46.4 Å². The van der Waals surface area contributed by atoms with Crippen LogP contribution >= 0.6 is 38.5 Å². The molecule has 0 unspecified atom stereocenters. The van der Waals surface area contributed by atoms with Gasteiger partial charge in [-0.1, -0.05) is 0 Å². The van der Waals surface area contributed by atoms with Crippen molar-refractivity contribution < 1.29 is 19.4 Å². The summed E-state index contributed by atoms with van der Waals surface area (Å²) < 4.78 is 5.95. The van der Waals surface area contributed by atoms with Gasteiger partial charge in [-0.05, 0) is 93.5 Å². The molecule has 138 valence electrons. The molecule has 2 aromatic rings. The van der Waals surface area contributed by atoms with Crippen LogP contribution in [0, 0.1) is 14.9 Å². The summed E-state index contributed by atoms with van der Waals surface area (Å²) in [7, 11) is 0. The highest BCUT2D eigenvalue weighted by Gasteiger charge is 2.12. The van der Waals surface area contributed by atoms with E-state index in [0.29, 0.717) is 24.9 Å². The molecule has 2 N–H and O–H groups in total. The number of phenols is 1. The Hall–Kier alpha value is -2.38. The van der Waals surface area contributed by atoms with E-state index >= 15 is 0 Å². The Balaban J connectivity index is 2.18. The molecular formula is C19H14BrIN2O4. The fourth-order valence-electron chi connectivity index (χ4n) is 2.09. The Morgan fingerprint density at radius 2 is 2.00 bits per heavy atom. The second-order valence-corrected chi connectivity index (χ2v) is 7.27. The first-order chi connectivity index (χ1) is 12.8. The first-order valence-corrected chi connectivity index (χ1v) is 9.61. The van der Waals surface area contributed by atoms with Crippen LogP contribution in [0.3, 0.4) is 0 Å². The topological polar surface area (TPSA) is 99.4 Å². The number of carbonyl (C=O) groups excluding carboxylic acids is 2. The monoisotopic (exact) mass is 540 g/mol. The minimum atomic E-state index is -0.583. The number of rotatable bonds is 5. The Morgan fingerprint density at radius 1 is 1.33 bits per heavy atom. The van der Waals surface area contributed by atoms with Crippen molar-refractivity contribution in [3.63, 3.8) is 0 Å². The number of anilines is 1. The third-order valence-corrected chi connectivity index (χ3v) is 4.80. The molecule has 0 radical (unpaired) electrons. The van der Waals surface area contributed by atoms with Crippen LogP contribution in [0.25, 0.3) is 6.08 Å². The molecule has 0 bridgehead atoms. The zero-order chi connectivity index (χ0) is 20.0. The summed E-state index contributed by atoms with van der Waals surface area (Å²) in [6.45, 7) is 2.00. The highest BCUT2D eigenvalue weighted by molar-refractivity contribution is 14.1. The summed E-state index contributed by atoms with van der Waals surface area (Å²) in [4.78, 5) is 24.0. The fourth-order valence-corrected chi connectivity index (χ4v) is 3.58. The van der Waals surface area contributed by atoms with Gasteiger partial charge < -0.3 is 15.2 Å². The number of halogens is 2. The number of benzene rings is 2. The number of hydrogen-bond donors (Lipinski definition) is 2. The molecule has 8 heteroatoms. The summed E-state index contributed by atoms with van der Waals surface area (Å²) in [6, 6.07) is 11.3. The molecule has 0 atom stereocenters. The largest absolute Gasteiger partial charge is 0.506 e. The second-order valence-electron chi connectivity index (χ2n) is 5.25. The number of phenolic OH excluding ortho intramolecular Hbond substituents is 1. The lowest BCUT2D eigenvalue weighted by Gasteiger charge is -2.07. The molecule has 0 fully saturated rings. The van der Waals surface area contributed by atoms with E-state index in [1.807, 2.05) is 28.7 Å². The summed E-state index contributed by atoms with van der Waals surface area (Å²) in [6.07, 6.45) is 1.43. The summed E-state index contributed by atoms with van der Waals surface area (Å²) in [5.41, 5.74) is 1.30. The smallest absolute Gasteiger partial charge is 0.338 e. The van der Waals surface area contributed by atoms with Crippen molar-refractivity contribution in [2.75, 3.05) is 11.9 Å². The predicted molar refractivity (Wildman–Crippen MR) is 113 cm³/mol. The average Bonchev–Trinajstić information content (AvgIpc) is 2.64. The number of aromatic hydroxyl groups is 1. The van der Waals surface area contributed by atoms with E-state index in [-0.39, 0.29) is 17.9 Å². The number of nitriles is 1. The first kappa shape index (κ1) is 20.9. The Kier molecular flexibility index (Phi) is 7.38. The highest BCUT2D eigenvalue weighted by atomic mass is 127. The van der Waals surface area contributed by atoms with Gasteiger partial charge >= 0.3 is 5.97 Å². The maximum atomic E-state index is 12.3. The molecule has 0 aromatic heterocycles. The molecule has 6 nitrogen and oxygen atoms in total. The number of hydrogen-bond acceptors (Lipinski definition) is 5. The molecule has 2 aromatic carbocycles. The number of amides is 1. The molecule has 2 rings (SSSR count). The van der Waals surface area contributed by atoms with Crippen LogP contribution in [0.4, 0.5) is 5.69 Å². The average molecular weight is 541 g/mol. The van der Waals surface area contributed by atoms with Crippen molar-refractivity contribution in [3.05, 3.63) is 61.1 Å². The van der Waals surface area contributed by atoms with Gasteiger partial charge in [-0.15, -0.1) is 0 Å². The van der Waals surface area contributed by atoms with Crippen LogP contribution in [0.1, 0.15) is 22.8 Å². The molecule has 0 heterocycles. The second kappa shape index (κ2) is 9.53. The van der Waals surface area contributed by atoms with Gasteiger partial charge in [0.1, 0.15) is 17.4 Å². The third-order valence-electron chi connectivity index (χ3n) is 3.37. The van der Waals surface area contributed by atoms with Crippen LogP contribution in [-0.2, 0) is 9.53 Å². The molecule has 0 aliphatic rings. The van der Waals surface area contributed by atoms with Crippen LogP contribution in [-0.4, -0.2) is 23.6 Å². The Morgan fingerprint density at radius 3 is 2.56 bits per heavy atom. The van der Waals surface area contributed by atoms with Gasteiger partial charge in [0.25, 0.3) is 5.91 Å². The molecule has 0 spiro atoms. The van der Waals surface area contributed by atoms with Crippen LogP contribution in [0.5, 0.6) is 5.75 Å². The van der Waals surface area contributed by atoms with Crippen molar-refractivity contribution in [2.45, 2.75) is 6.92 Å². The number of carbonyl (C=O) groups is 2. The quantitative estimate of drug-likeness (QED) is 0.252. The van der Waals surface area contributed by atoms with E-state index in [1.165, 1.54) is 18.2 Å². The van der Waals surface area contributed by atoms with E-state index in [1.54, 1.807) is 31.2 Å². The molecule has 27 heavy (non-hydrogen) atoms. The number of esters is 1. The Bertz CT molecular complexity index is 926. The number of nitrogens with zero attached hydrogens (tertiary/aromatic N) is 1. The third kappa shape index (κ3) is 5.55. The van der Waals surface area contributed by atoms with Gasteiger partial charge in [0.05, 0.1) is 20.2 Å². The normalized spacial score (nSPS) is 10.8. The number of nitrogens with one attached hydrogen (secondary N) is 1. The summed E-state index contributed by atoms with van der Waals surface area (Å²) in [5.74, 6) is -0.932. The lowest BCUT2D eigenvalue weighted by molar-refractivity contribution is -0.112. The van der Waals surface area contributed by atoms with Crippen molar-refractivity contribution in [1.82, 2.24) is 0 Å². The Labute approximate surface area is 178 Å². The van der Waals surface area contributed by atoms with Gasteiger partial charge in [0.15, 0.2) is 0 Å². The van der Waals surface area contributed by atoms with Gasteiger partial charge in [-0.3, -0.25) is 4.79 Å². The van der Waals surface area contributed by atoms with Gasteiger partial charge in [0, 0.05) is 5.69 Å². The summed E-state index contributed by atoms with van der Waals surface area (Å²) in [5, 5.41) is 21.7. The molecule has 0 saturated heterocycles. The highest BCUT2D eigenvalue weighted by Crippen LogP contribution is 2.31. The van der Waals surface area contributed by atoms with Crippen molar-refractivity contribution >= 4 is 62.2 Å². The van der Waals surface area contributed by atoms with Crippen LogP contribution < -0.4 is 5.32 Å². The molecule has 0 aliphatic carbocycles. The van der Waals surface area contributed by atoms with E-state index in [2.05, 4.69) is 21.2 Å². The maximum absolute atomic E-state index is 12.3. The SMILES string of the molecule is CCOC(=O)c1ccc(NC(=O)/C(C#N)=C/c2cc(Br)c(O)c(I)c2)cc1. The maximum Gasteiger partial charge on any atom is 0.338 e. The van der Waals surface area contributed by atoms with E-state index in [0.717, 1.165) is 0 Å². The van der Waals surface area contributed by atoms with E-state index in [9.17, 15) is 20.0 Å². The summed E-state index contributed by atoms with van der Waals surface area (Å²) >= 11 is 5.18. The zero-order valence-corrected chi connectivity index (χ0v) is 17.9. The minimum Gasteiger partial charge on any atom is -0.506 e. The van der Waals surface area contributed by atoms with Gasteiger partial charge in [0.2, 0.25) is 0 Å². The van der Waals surface area contributed by atoms with Gasteiger partial charge in [-0.25, -0.2) is 4.79 Å². The van der Waals surface area contributed by atoms with Crippen molar-refractivity contribution in [3.8, 4) is 11.8 Å². The molecule has 0 aliphatic heterocycles. The lowest BCUT2D eigenvalue weighted by Crippen LogP contribution is -2.13. The molecule has 0 saturated carbocycles. The van der Waals surface area contributed by atoms with Crippen LogP contribution in [0.2, 0.25) is 0 Å². The van der Waals surface area contributed by atoms with Crippen molar-refractivity contribution in [1.29, 1.82) is 5.26 Å². The van der Waals surface area contributed by atoms with E-state index < -0.39 is 11.9 Å². The van der Waals surface area contributed by atoms with Gasteiger partial charge in [-0.2, -0.15) is 5.26 Å². The standard InChI is InChI=1S/C19H14BrIN2O4/c1-2-27-19(26)12-3-5-14(6-4-12)23-18(25)13(10-22)7-11-8-15(20)17(24)16(21)9-11/h3-9,24H,2H2,1H3,(H,23,25)/b13-7+. The molecule has 1 amide bonds. The number of ether oxygens (including phenoxy) is 1. The van der Waals surface area contributed by atoms with Crippen molar-refractivity contribution in [2.24, 2.45) is 0 Å².